The molecule has 0 saturated carbocycles. The minimum atomic E-state index is -2.99. The van der Waals surface area contributed by atoms with Gasteiger partial charge in [-0.3, -0.25) is 9.05 Å². The lowest BCUT2D eigenvalue weighted by atomic mass is 10.5. The molecule has 80 valence electrons. The number of nitrogens with zero attached hydrogens (tertiary/aromatic N) is 1. The summed E-state index contributed by atoms with van der Waals surface area (Å²) in [5.41, 5.74) is 0. The lowest BCUT2D eigenvalue weighted by Crippen LogP contribution is -2.22. The van der Waals surface area contributed by atoms with Gasteiger partial charge >= 0.3 is 7.75 Å². The zero-order valence-electron chi connectivity index (χ0n) is 8.95. The Balaban J connectivity index is 4.31. The molecule has 0 N–H and O–H groups in total. The van der Waals surface area contributed by atoms with Crippen LogP contribution >= 0.6 is 7.75 Å². The van der Waals surface area contributed by atoms with Crippen LogP contribution in [0.5, 0.6) is 0 Å². The SMILES string of the molecule is CCCOP(=O)(OC)N(CC)CC. The second-order valence-corrected chi connectivity index (χ2v) is 4.75. The van der Waals surface area contributed by atoms with E-state index in [1.165, 1.54) is 7.11 Å². The van der Waals surface area contributed by atoms with Gasteiger partial charge in [0.1, 0.15) is 0 Å². The van der Waals surface area contributed by atoms with Crippen molar-refractivity contribution in [3.05, 3.63) is 0 Å². The zero-order chi connectivity index (χ0) is 10.3. The third-order valence-electron chi connectivity index (χ3n) is 1.77. The molecule has 0 heterocycles. The van der Waals surface area contributed by atoms with Gasteiger partial charge in [-0.25, -0.2) is 9.24 Å². The van der Waals surface area contributed by atoms with Crippen LogP contribution in [0.1, 0.15) is 27.2 Å². The smallest absolute Gasteiger partial charge is 0.300 e. The third kappa shape index (κ3) is 3.77. The Morgan fingerprint density at radius 1 is 1.23 bits per heavy atom. The average molecular weight is 209 g/mol. The molecule has 0 aliphatic rings. The summed E-state index contributed by atoms with van der Waals surface area (Å²) in [6, 6.07) is 0. The van der Waals surface area contributed by atoms with E-state index in [4.69, 9.17) is 9.05 Å². The molecule has 5 heteroatoms. The molecule has 0 aromatic rings. The van der Waals surface area contributed by atoms with Gasteiger partial charge in [0, 0.05) is 20.2 Å². The largest absolute Gasteiger partial charge is 0.407 e. The van der Waals surface area contributed by atoms with Crippen LogP contribution in [0.25, 0.3) is 0 Å². The summed E-state index contributed by atoms with van der Waals surface area (Å²) < 4.78 is 23.9. The van der Waals surface area contributed by atoms with Gasteiger partial charge in [0.2, 0.25) is 0 Å². The molecule has 0 fully saturated rings. The van der Waals surface area contributed by atoms with Crippen LogP contribution in [0.3, 0.4) is 0 Å². The highest BCUT2D eigenvalue weighted by molar-refractivity contribution is 7.51. The highest BCUT2D eigenvalue weighted by Crippen LogP contribution is 2.50. The van der Waals surface area contributed by atoms with Gasteiger partial charge in [0.05, 0.1) is 6.61 Å². The van der Waals surface area contributed by atoms with Gasteiger partial charge in [-0.05, 0) is 6.42 Å². The third-order valence-corrected chi connectivity index (χ3v) is 3.99. The summed E-state index contributed by atoms with van der Waals surface area (Å²) in [5, 5.41) is 0. The maximum Gasteiger partial charge on any atom is 0.407 e. The zero-order valence-corrected chi connectivity index (χ0v) is 9.84. The Hall–Kier alpha value is 0.110. The van der Waals surface area contributed by atoms with Crippen LogP contribution in [-0.2, 0) is 13.6 Å². The fraction of sp³-hybridized carbons (Fsp3) is 1.00. The normalized spacial score (nSPS) is 16.1. The predicted molar refractivity (Wildman–Crippen MR) is 53.8 cm³/mol. The standard InChI is InChI=1S/C8H20NO3P/c1-5-8-12-13(10,11-4)9(6-2)7-3/h5-8H2,1-4H3. The minimum Gasteiger partial charge on any atom is -0.300 e. The molecule has 0 aliphatic heterocycles. The van der Waals surface area contributed by atoms with E-state index in [1.807, 2.05) is 20.8 Å². The van der Waals surface area contributed by atoms with Crippen LogP contribution in [0, 0.1) is 0 Å². The molecule has 4 nitrogen and oxygen atoms in total. The molecule has 1 unspecified atom stereocenters. The Kier molecular flexibility index (Phi) is 6.60. The van der Waals surface area contributed by atoms with E-state index < -0.39 is 7.75 Å². The lowest BCUT2D eigenvalue weighted by molar-refractivity contribution is 0.183. The van der Waals surface area contributed by atoms with Gasteiger partial charge in [-0.2, -0.15) is 0 Å². The van der Waals surface area contributed by atoms with E-state index in [0.717, 1.165) is 6.42 Å². The molecule has 0 amide bonds. The van der Waals surface area contributed by atoms with Crippen molar-refractivity contribution in [3.63, 3.8) is 0 Å². The predicted octanol–water partition coefficient (Wildman–Crippen LogP) is 2.51. The number of rotatable bonds is 7. The molecule has 0 spiro atoms. The molecule has 0 bridgehead atoms. The van der Waals surface area contributed by atoms with Crippen molar-refractivity contribution < 1.29 is 13.6 Å². The highest BCUT2D eigenvalue weighted by Gasteiger charge is 2.29. The molecule has 0 rings (SSSR count). The van der Waals surface area contributed by atoms with Crippen molar-refractivity contribution in [2.75, 3.05) is 26.8 Å². The van der Waals surface area contributed by atoms with Gasteiger partial charge < -0.3 is 0 Å². The Morgan fingerprint density at radius 3 is 2.08 bits per heavy atom. The first kappa shape index (κ1) is 13.1. The Morgan fingerprint density at radius 2 is 1.77 bits per heavy atom. The van der Waals surface area contributed by atoms with Crippen LogP contribution in [0.2, 0.25) is 0 Å². The van der Waals surface area contributed by atoms with E-state index in [9.17, 15) is 4.57 Å². The summed E-state index contributed by atoms with van der Waals surface area (Å²) in [4.78, 5) is 0. The number of hydrogen-bond donors (Lipinski definition) is 0. The van der Waals surface area contributed by atoms with E-state index >= 15 is 0 Å². The second kappa shape index (κ2) is 6.55. The van der Waals surface area contributed by atoms with Crippen LogP contribution < -0.4 is 0 Å². The van der Waals surface area contributed by atoms with Crippen molar-refractivity contribution >= 4 is 7.75 Å². The van der Waals surface area contributed by atoms with Crippen LogP contribution in [0.4, 0.5) is 0 Å². The molecule has 0 aromatic carbocycles. The quantitative estimate of drug-likeness (QED) is 0.604. The van der Waals surface area contributed by atoms with Crippen molar-refractivity contribution in [1.82, 2.24) is 4.67 Å². The van der Waals surface area contributed by atoms with E-state index in [0.29, 0.717) is 19.7 Å². The van der Waals surface area contributed by atoms with Crippen LogP contribution in [-0.4, -0.2) is 31.5 Å². The monoisotopic (exact) mass is 209 g/mol. The maximum absolute atomic E-state index is 12.0. The topological polar surface area (TPSA) is 38.8 Å². The fourth-order valence-corrected chi connectivity index (χ4v) is 2.63. The van der Waals surface area contributed by atoms with Crippen molar-refractivity contribution in [1.29, 1.82) is 0 Å². The minimum absolute atomic E-state index is 0.474. The van der Waals surface area contributed by atoms with Crippen molar-refractivity contribution in [2.24, 2.45) is 0 Å². The van der Waals surface area contributed by atoms with Gasteiger partial charge in [0.25, 0.3) is 0 Å². The molecule has 1 atom stereocenters. The van der Waals surface area contributed by atoms with Crippen LogP contribution in [0.15, 0.2) is 0 Å². The Bertz CT molecular complexity index is 171. The lowest BCUT2D eigenvalue weighted by Gasteiger charge is -2.26. The summed E-state index contributed by atoms with van der Waals surface area (Å²) in [5.74, 6) is 0. The first-order valence-corrected chi connectivity index (χ1v) is 6.19. The molecule has 0 saturated heterocycles. The first-order valence-electron chi connectivity index (χ1n) is 4.70. The molecule has 0 radical (unpaired) electrons. The molecular formula is C8H20NO3P. The van der Waals surface area contributed by atoms with E-state index in [1.54, 1.807) is 4.67 Å². The van der Waals surface area contributed by atoms with Gasteiger partial charge in [-0.15, -0.1) is 0 Å². The fourth-order valence-electron chi connectivity index (χ4n) is 1.03. The average Bonchev–Trinajstić information content (AvgIpc) is 2.16. The van der Waals surface area contributed by atoms with Crippen molar-refractivity contribution in [3.8, 4) is 0 Å². The summed E-state index contributed by atoms with van der Waals surface area (Å²) in [7, 11) is -1.57. The molecule has 0 aromatic heterocycles. The summed E-state index contributed by atoms with van der Waals surface area (Å²) >= 11 is 0. The Labute approximate surface area is 80.8 Å². The van der Waals surface area contributed by atoms with Gasteiger partial charge in [-0.1, -0.05) is 20.8 Å². The van der Waals surface area contributed by atoms with Gasteiger partial charge in [0.15, 0.2) is 0 Å². The van der Waals surface area contributed by atoms with E-state index in [-0.39, 0.29) is 0 Å². The summed E-state index contributed by atoms with van der Waals surface area (Å²) in [6.45, 7) is 7.66. The van der Waals surface area contributed by atoms with E-state index in [2.05, 4.69) is 0 Å². The summed E-state index contributed by atoms with van der Waals surface area (Å²) in [6.07, 6.45) is 0.842. The number of hydrogen-bond acceptors (Lipinski definition) is 3. The molecular weight excluding hydrogens is 189 g/mol. The van der Waals surface area contributed by atoms with Crippen molar-refractivity contribution in [2.45, 2.75) is 27.2 Å². The first-order chi connectivity index (χ1) is 6.14. The molecule has 0 aliphatic carbocycles. The maximum atomic E-state index is 12.0. The second-order valence-electron chi connectivity index (χ2n) is 2.62. The molecule has 13 heavy (non-hydrogen) atoms. The highest BCUT2D eigenvalue weighted by atomic mass is 31.2.